The molecule has 0 aliphatic carbocycles. The Labute approximate surface area is 228 Å². The predicted molar refractivity (Wildman–Crippen MR) is 164 cm³/mol. The summed E-state index contributed by atoms with van der Waals surface area (Å²) in [5.74, 6) is 0. The Morgan fingerprint density at radius 1 is 0.744 bits per heavy atom. The molecule has 2 aromatic heterocycles. The summed E-state index contributed by atoms with van der Waals surface area (Å²) in [5.41, 5.74) is 18.0. The summed E-state index contributed by atoms with van der Waals surface area (Å²) in [6.07, 6.45) is 7.60. The smallest absolute Gasteiger partial charge is 0.0679 e. The molecule has 4 aromatic carbocycles. The van der Waals surface area contributed by atoms with Crippen LogP contribution in [-0.4, -0.2) is 21.9 Å². The molecule has 4 heteroatoms. The summed E-state index contributed by atoms with van der Waals surface area (Å²) < 4.78 is 4.70. The van der Waals surface area contributed by atoms with Crippen molar-refractivity contribution >= 4 is 34.1 Å². The fourth-order valence-electron chi connectivity index (χ4n) is 6.18. The van der Waals surface area contributed by atoms with Crippen molar-refractivity contribution in [3.63, 3.8) is 0 Å². The van der Waals surface area contributed by atoms with Crippen LogP contribution in [-0.2, 0) is 12.8 Å². The molecule has 0 atom stereocenters. The van der Waals surface area contributed by atoms with Crippen LogP contribution in [0, 0.1) is 0 Å². The number of aromatic nitrogens is 2. The lowest BCUT2D eigenvalue weighted by atomic mass is 10.0. The number of para-hydroxylation sites is 2. The molecule has 4 nitrogen and oxygen atoms in total. The van der Waals surface area contributed by atoms with E-state index in [1.54, 1.807) is 6.20 Å². The van der Waals surface area contributed by atoms with Gasteiger partial charge in [-0.25, -0.2) is 0 Å². The average molecular weight is 507 g/mol. The van der Waals surface area contributed by atoms with E-state index in [1.807, 2.05) is 12.3 Å². The number of hydrogen-bond donors (Lipinski definition) is 1. The van der Waals surface area contributed by atoms with Gasteiger partial charge in [-0.05, 0) is 78.2 Å². The van der Waals surface area contributed by atoms with Crippen LogP contribution in [0.4, 0.5) is 0 Å². The maximum Gasteiger partial charge on any atom is 0.0679 e. The van der Waals surface area contributed by atoms with Crippen LogP contribution in [0.15, 0.2) is 108 Å². The van der Waals surface area contributed by atoms with Crippen LogP contribution in [0.1, 0.15) is 29.4 Å². The van der Waals surface area contributed by atoms with Crippen molar-refractivity contribution in [2.75, 3.05) is 6.54 Å². The molecule has 0 fully saturated rings. The molecule has 0 bridgehead atoms. The zero-order chi connectivity index (χ0) is 26.3. The number of fused-ring (bicyclic) bond motifs is 4. The second kappa shape index (κ2) is 9.48. The minimum atomic E-state index is 0.861. The molecule has 0 amide bonds. The Hall–Kier alpha value is -4.83. The minimum absolute atomic E-state index is 0.861. The van der Waals surface area contributed by atoms with Crippen LogP contribution in [0.2, 0.25) is 0 Å². The number of rotatable bonds is 5. The van der Waals surface area contributed by atoms with Gasteiger partial charge in [0.05, 0.1) is 16.7 Å². The Kier molecular flexibility index (Phi) is 5.66. The van der Waals surface area contributed by atoms with Gasteiger partial charge in [0.2, 0.25) is 0 Å². The quantitative estimate of drug-likeness (QED) is 0.256. The molecule has 6 aromatic rings. The molecule has 0 unspecified atom stereocenters. The Morgan fingerprint density at radius 3 is 1.97 bits per heavy atom. The number of aliphatic imine (C=N–C) groups is 1. The third kappa shape index (κ3) is 3.71. The third-order valence-electron chi connectivity index (χ3n) is 7.92. The molecule has 7 rings (SSSR count). The van der Waals surface area contributed by atoms with Crippen molar-refractivity contribution in [3.05, 3.63) is 126 Å². The fraction of sp³-hybridized carbons (Fsp3) is 0.114. The summed E-state index contributed by atoms with van der Waals surface area (Å²) in [7, 11) is 0. The molecule has 39 heavy (non-hydrogen) atoms. The van der Waals surface area contributed by atoms with Gasteiger partial charge >= 0.3 is 0 Å². The predicted octanol–water partition coefficient (Wildman–Crippen LogP) is 7.71. The van der Waals surface area contributed by atoms with Crippen LogP contribution in [0.3, 0.4) is 0 Å². The van der Waals surface area contributed by atoms with Crippen LogP contribution < -0.4 is 5.73 Å². The highest BCUT2D eigenvalue weighted by Crippen LogP contribution is 2.34. The van der Waals surface area contributed by atoms with E-state index < -0.39 is 0 Å². The van der Waals surface area contributed by atoms with Crippen molar-refractivity contribution in [2.45, 2.75) is 19.8 Å². The maximum atomic E-state index is 5.81. The summed E-state index contributed by atoms with van der Waals surface area (Å²) in [6, 6.07) is 35.0. The zero-order valence-corrected chi connectivity index (χ0v) is 22.0. The van der Waals surface area contributed by atoms with Gasteiger partial charge in [-0.3, -0.25) is 4.99 Å². The molecule has 190 valence electrons. The van der Waals surface area contributed by atoms with Crippen molar-refractivity contribution < 1.29 is 0 Å². The van der Waals surface area contributed by atoms with Crippen molar-refractivity contribution in [1.82, 2.24) is 9.13 Å². The van der Waals surface area contributed by atoms with E-state index in [0.29, 0.717) is 0 Å². The van der Waals surface area contributed by atoms with Gasteiger partial charge < -0.3 is 14.9 Å². The molecule has 1 aliphatic rings. The molecule has 0 radical (unpaired) electrons. The van der Waals surface area contributed by atoms with Crippen LogP contribution >= 0.6 is 0 Å². The topological polar surface area (TPSA) is 48.2 Å². The second-order valence-electron chi connectivity index (χ2n) is 10.0. The highest BCUT2D eigenvalue weighted by molar-refractivity contribution is 5.97. The van der Waals surface area contributed by atoms with Gasteiger partial charge in [0.15, 0.2) is 0 Å². The van der Waals surface area contributed by atoms with Gasteiger partial charge in [-0.2, -0.15) is 0 Å². The number of nitrogens with zero attached hydrogens (tertiary/aromatic N) is 3. The maximum absolute atomic E-state index is 5.81. The molecule has 0 saturated heterocycles. The van der Waals surface area contributed by atoms with E-state index in [-0.39, 0.29) is 0 Å². The van der Waals surface area contributed by atoms with Gasteiger partial charge in [-0.15, -0.1) is 0 Å². The van der Waals surface area contributed by atoms with E-state index in [4.69, 9.17) is 5.73 Å². The van der Waals surface area contributed by atoms with Crippen molar-refractivity contribution in [1.29, 1.82) is 0 Å². The third-order valence-corrected chi connectivity index (χ3v) is 7.92. The molecule has 1 aliphatic heterocycles. The first-order valence-electron chi connectivity index (χ1n) is 13.6. The molecule has 0 spiro atoms. The van der Waals surface area contributed by atoms with Gasteiger partial charge in [0, 0.05) is 46.2 Å². The normalized spacial score (nSPS) is 13.1. The zero-order valence-electron chi connectivity index (χ0n) is 22.0. The van der Waals surface area contributed by atoms with Crippen LogP contribution in [0.5, 0.6) is 0 Å². The fourth-order valence-corrected chi connectivity index (χ4v) is 6.18. The van der Waals surface area contributed by atoms with E-state index in [1.165, 1.54) is 55.4 Å². The number of nitrogens with two attached hydrogens (primary N) is 1. The van der Waals surface area contributed by atoms with Crippen molar-refractivity contribution in [3.8, 4) is 22.5 Å². The van der Waals surface area contributed by atoms with E-state index in [2.05, 4.69) is 118 Å². The Morgan fingerprint density at radius 2 is 1.33 bits per heavy atom. The lowest BCUT2D eigenvalue weighted by molar-refractivity contribution is 0.940. The van der Waals surface area contributed by atoms with E-state index in [9.17, 15) is 0 Å². The number of benzene rings is 4. The van der Waals surface area contributed by atoms with E-state index in [0.717, 1.165) is 30.8 Å². The van der Waals surface area contributed by atoms with Crippen LogP contribution in [0.25, 0.3) is 50.4 Å². The summed E-state index contributed by atoms with van der Waals surface area (Å²) in [6.45, 7) is 3.06. The Balaban J connectivity index is 1.26. The molecule has 2 N–H and O–H groups in total. The van der Waals surface area contributed by atoms with E-state index >= 15 is 0 Å². The second-order valence-corrected chi connectivity index (χ2v) is 10.0. The SMILES string of the molecule is CCc1c(/C=C\N)c2ccccc2n1-c1ccc(-c2ccc(-n3c4c(c5ccccc53)CCN=C4)cc2)cc1. The lowest BCUT2D eigenvalue weighted by Crippen LogP contribution is -2.06. The minimum Gasteiger partial charge on any atom is -0.405 e. The first-order chi connectivity index (χ1) is 19.3. The average Bonchev–Trinajstić information content (AvgIpc) is 3.50. The van der Waals surface area contributed by atoms with Gasteiger partial charge in [0.25, 0.3) is 0 Å². The highest BCUT2D eigenvalue weighted by atomic mass is 15.0. The molecule has 0 saturated carbocycles. The standard InChI is InChI=1S/C35H30N4/c1-2-32-30(19-21-36)28-7-3-5-9-33(28)38(32)26-15-11-24(12-16-26)25-13-17-27(18-14-25)39-34-10-6-4-8-29(34)31-20-22-37-23-35(31)39/h3-19,21,23H,2,20,22,36H2,1H3/b21-19-. The van der Waals surface area contributed by atoms with Crippen molar-refractivity contribution in [2.24, 2.45) is 10.7 Å². The van der Waals surface area contributed by atoms with Gasteiger partial charge in [0.1, 0.15) is 0 Å². The Bertz CT molecular complexity index is 1880. The molecular formula is C35H30N4. The monoisotopic (exact) mass is 506 g/mol. The summed E-state index contributed by atoms with van der Waals surface area (Å²) in [5, 5.41) is 2.55. The first kappa shape index (κ1) is 23.3. The highest BCUT2D eigenvalue weighted by Gasteiger charge is 2.19. The number of hydrogen-bond acceptors (Lipinski definition) is 2. The largest absolute Gasteiger partial charge is 0.405 e. The van der Waals surface area contributed by atoms with Gasteiger partial charge in [-0.1, -0.05) is 67.6 Å². The lowest BCUT2D eigenvalue weighted by Gasteiger charge is -2.13. The molecular weight excluding hydrogens is 476 g/mol. The summed E-state index contributed by atoms with van der Waals surface area (Å²) in [4.78, 5) is 4.58. The first-order valence-corrected chi connectivity index (χ1v) is 13.6. The summed E-state index contributed by atoms with van der Waals surface area (Å²) >= 11 is 0. The molecule has 3 heterocycles.